The first-order chi connectivity index (χ1) is 9.59. The summed E-state index contributed by atoms with van der Waals surface area (Å²) in [6.45, 7) is 3.88. The fourth-order valence-electron chi connectivity index (χ4n) is 2.08. The summed E-state index contributed by atoms with van der Waals surface area (Å²) in [4.78, 5) is 16.7. The average molecular weight is 290 g/mol. The van der Waals surface area contributed by atoms with Crippen LogP contribution < -0.4 is 0 Å². The summed E-state index contributed by atoms with van der Waals surface area (Å²) in [5.41, 5.74) is 1.48. The monoisotopic (exact) mass is 289 g/mol. The van der Waals surface area contributed by atoms with E-state index in [4.69, 9.17) is 11.6 Å². The van der Waals surface area contributed by atoms with Crippen molar-refractivity contribution in [3.8, 4) is 0 Å². The molecule has 7 heteroatoms. The zero-order chi connectivity index (χ0) is 14.3. The van der Waals surface area contributed by atoms with Gasteiger partial charge in [-0.05, 0) is 13.8 Å². The molecule has 0 aliphatic rings. The van der Waals surface area contributed by atoms with Crippen molar-refractivity contribution in [2.24, 2.45) is 0 Å². The Morgan fingerprint density at radius 3 is 2.80 bits per heavy atom. The molecule has 0 aliphatic heterocycles. The lowest BCUT2D eigenvalue weighted by Crippen LogP contribution is -2.13. The fraction of sp³-hybridized carbons (Fsp3) is 0.231. The van der Waals surface area contributed by atoms with Crippen molar-refractivity contribution in [3.05, 3.63) is 47.3 Å². The summed E-state index contributed by atoms with van der Waals surface area (Å²) in [6, 6.07) is 0.0430. The highest BCUT2D eigenvalue weighted by atomic mass is 35.5. The number of nitrogens with zero attached hydrogens (tertiary/aromatic N) is 5. The van der Waals surface area contributed by atoms with Gasteiger partial charge in [-0.25, -0.2) is 4.52 Å². The van der Waals surface area contributed by atoms with Crippen LogP contribution in [0.2, 0.25) is 5.02 Å². The first-order valence-corrected chi connectivity index (χ1v) is 6.52. The second-order valence-corrected chi connectivity index (χ2v) is 5.08. The molecule has 0 fully saturated rings. The number of halogens is 1. The van der Waals surface area contributed by atoms with Crippen LogP contribution in [0.3, 0.4) is 0 Å². The van der Waals surface area contributed by atoms with Gasteiger partial charge < -0.3 is 0 Å². The Bertz CT molecular complexity index is 789. The number of hydrogen-bond donors (Lipinski definition) is 0. The molecule has 0 unspecified atom stereocenters. The van der Waals surface area contributed by atoms with Gasteiger partial charge in [0.1, 0.15) is 5.69 Å². The molecule has 3 heterocycles. The third-order valence-electron chi connectivity index (χ3n) is 3.02. The van der Waals surface area contributed by atoms with Crippen LogP contribution in [0.5, 0.6) is 0 Å². The van der Waals surface area contributed by atoms with Crippen LogP contribution in [-0.2, 0) is 0 Å². The molecule has 0 saturated heterocycles. The minimum Gasteiger partial charge on any atom is -0.287 e. The lowest BCUT2D eigenvalue weighted by atomic mass is 10.1. The first kappa shape index (κ1) is 12.8. The quantitative estimate of drug-likeness (QED) is 0.695. The van der Waals surface area contributed by atoms with Crippen molar-refractivity contribution in [2.45, 2.75) is 19.9 Å². The number of carbonyl (C=O) groups is 1. The molecule has 0 bridgehead atoms. The van der Waals surface area contributed by atoms with Crippen molar-refractivity contribution in [2.75, 3.05) is 0 Å². The summed E-state index contributed by atoms with van der Waals surface area (Å²) in [6.07, 6.45) is 7.91. The van der Waals surface area contributed by atoms with E-state index in [1.54, 1.807) is 27.8 Å². The smallest absolute Gasteiger partial charge is 0.216 e. The van der Waals surface area contributed by atoms with Gasteiger partial charge in [-0.2, -0.15) is 10.2 Å². The Morgan fingerprint density at radius 1 is 1.25 bits per heavy atom. The maximum Gasteiger partial charge on any atom is 0.216 e. The summed E-state index contributed by atoms with van der Waals surface area (Å²) >= 11 is 6.10. The van der Waals surface area contributed by atoms with Gasteiger partial charge in [0.25, 0.3) is 0 Å². The van der Waals surface area contributed by atoms with Crippen LogP contribution in [0, 0.1) is 0 Å². The van der Waals surface area contributed by atoms with Gasteiger partial charge in [-0.3, -0.25) is 14.5 Å². The van der Waals surface area contributed by atoms with Crippen LogP contribution in [0.15, 0.2) is 31.0 Å². The first-order valence-electron chi connectivity index (χ1n) is 6.14. The molecule has 6 nitrogen and oxygen atoms in total. The highest BCUT2D eigenvalue weighted by Crippen LogP contribution is 2.23. The highest BCUT2D eigenvalue weighted by Gasteiger charge is 2.23. The molecule has 20 heavy (non-hydrogen) atoms. The van der Waals surface area contributed by atoms with Gasteiger partial charge in [0.2, 0.25) is 5.78 Å². The number of fused-ring (bicyclic) bond motifs is 1. The van der Waals surface area contributed by atoms with E-state index in [0.717, 1.165) is 0 Å². The van der Waals surface area contributed by atoms with E-state index >= 15 is 0 Å². The highest BCUT2D eigenvalue weighted by molar-refractivity contribution is 6.34. The molecule has 0 spiro atoms. The molecule has 0 radical (unpaired) electrons. The van der Waals surface area contributed by atoms with Gasteiger partial charge in [-0.1, -0.05) is 11.6 Å². The molecule has 0 aromatic carbocycles. The third-order valence-corrected chi connectivity index (χ3v) is 3.30. The van der Waals surface area contributed by atoms with Crippen molar-refractivity contribution in [3.63, 3.8) is 0 Å². The third kappa shape index (κ3) is 1.89. The average Bonchev–Trinajstić information content (AvgIpc) is 3.01. The van der Waals surface area contributed by atoms with Gasteiger partial charge in [0, 0.05) is 18.4 Å². The standard InChI is InChI=1S/C13H12ClN5O/c1-8(2)19-12(10(14)6-17-19)13(20)9-5-16-18-4-3-15-7-11(9)18/h3-8H,1-2H3. The van der Waals surface area contributed by atoms with Crippen LogP contribution in [0.25, 0.3) is 5.52 Å². The number of carbonyl (C=O) groups excluding carboxylic acids is 1. The van der Waals surface area contributed by atoms with E-state index in [1.165, 1.54) is 12.4 Å². The summed E-state index contributed by atoms with van der Waals surface area (Å²) in [7, 11) is 0. The van der Waals surface area contributed by atoms with Gasteiger partial charge in [0.15, 0.2) is 0 Å². The molecule has 3 aromatic heterocycles. The van der Waals surface area contributed by atoms with Crippen molar-refractivity contribution >= 4 is 22.9 Å². The lowest BCUT2D eigenvalue weighted by molar-refractivity contribution is 0.102. The molecule has 0 amide bonds. The Hall–Kier alpha value is -2.21. The second kappa shape index (κ2) is 4.72. The largest absolute Gasteiger partial charge is 0.287 e. The van der Waals surface area contributed by atoms with E-state index in [1.807, 2.05) is 13.8 Å². The zero-order valence-electron chi connectivity index (χ0n) is 11.0. The second-order valence-electron chi connectivity index (χ2n) is 4.67. The molecule has 0 atom stereocenters. The Labute approximate surface area is 120 Å². The van der Waals surface area contributed by atoms with Crippen molar-refractivity contribution in [1.82, 2.24) is 24.4 Å². The van der Waals surface area contributed by atoms with E-state index in [2.05, 4.69) is 15.2 Å². The predicted octanol–water partition coefficient (Wildman–Crippen LogP) is 2.39. The van der Waals surface area contributed by atoms with Gasteiger partial charge in [-0.15, -0.1) is 0 Å². The predicted molar refractivity (Wildman–Crippen MR) is 74.0 cm³/mol. The van der Waals surface area contributed by atoms with Crippen molar-refractivity contribution in [1.29, 1.82) is 0 Å². The zero-order valence-corrected chi connectivity index (χ0v) is 11.7. The van der Waals surface area contributed by atoms with Crippen LogP contribution >= 0.6 is 11.6 Å². The minimum absolute atomic E-state index is 0.0430. The normalized spacial score (nSPS) is 11.4. The lowest BCUT2D eigenvalue weighted by Gasteiger charge is -2.09. The Balaban J connectivity index is 2.16. The minimum atomic E-state index is -0.204. The molecule has 3 aromatic rings. The molecular formula is C13H12ClN5O. The van der Waals surface area contributed by atoms with Crippen LogP contribution in [0.1, 0.15) is 35.9 Å². The maximum atomic E-state index is 12.7. The molecule has 0 aliphatic carbocycles. The molecule has 0 N–H and O–H groups in total. The summed E-state index contributed by atoms with van der Waals surface area (Å²) in [5, 5.41) is 8.62. The van der Waals surface area contributed by atoms with E-state index in [9.17, 15) is 4.79 Å². The van der Waals surface area contributed by atoms with Crippen LogP contribution in [-0.4, -0.2) is 30.2 Å². The SMILES string of the molecule is CC(C)n1ncc(Cl)c1C(=O)c1cnn2ccncc12. The number of rotatable bonds is 3. The Kier molecular flexibility index (Phi) is 3.02. The van der Waals surface area contributed by atoms with E-state index < -0.39 is 0 Å². The molecule has 102 valence electrons. The van der Waals surface area contributed by atoms with Gasteiger partial charge >= 0.3 is 0 Å². The Morgan fingerprint density at radius 2 is 2.05 bits per heavy atom. The fourth-order valence-corrected chi connectivity index (χ4v) is 2.30. The molecular weight excluding hydrogens is 278 g/mol. The molecule has 3 rings (SSSR count). The van der Waals surface area contributed by atoms with Gasteiger partial charge in [0.05, 0.1) is 34.7 Å². The molecule has 0 saturated carbocycles. The summed E-state index contributed by atoms with van der Waals surface area (Å²) < 4.78 is 3.22. The number of hydrogen-bond acceptors (Lipinski definition) is 4. The maximum absolute atomic E-state index is 12.7. The number of aromatic nitrogens is 5. The number of ketones is 1. The topological polar surface area (TPSA) is 65.1 Å². The van der Waals surface area contributed by atoms with Crippen LogP contribution in [0.4, 0.5) is 0 Å². The van der Waals surface area contributed by atoms with E-state index in [0.29, 0.717) is 21.8 Å². The van der Waals surface area contributed by atoms with Crippen molar-refractivity contribution < 1.29 is 4.79 Å². The summed E-state index contributed by atoms with van der Waals surface area (Å²) in [5.74, 6) is -0.204. The van der Waals surface area contributed by atoms with E-state index in [-0.39, 0.29) is 11.8 Å².